The zero-order valence-electron chi connectivity index (χ0n) is 12.8. The lowest BCUT2D eigenvalue weighted by Crippen LogP contribution is -2.14. The Balaban J connectivity index is 1.92. The molecule has 0 aliphatic carbocycles. The molecule has 1 fully saturated rings. The van der Waals surface area contributed by atoms with Gasteiger partial charge in [-0.1, -0.05) is 27.7 Å². The van der Waals surface area contributed by atoms with Gasteiger partial charge in [-0.05, 0) is 29.9 Å². The highest BCUT2D eigenvalue weighted by Crippen LogP contribution is 2.32. The van der Waals surface area contributed by atoms with Crippen LogP contribution in [0.1, 0.15) is 61.4 Å². The molecule has 2 heterocycles. The highest BCUT2D eigenvalue weighted by molar-refractivity contribution is 7.14. The Morgan fingerprint density at radius 1 is 1.35 bits per heavy atom. The molecule has 0 amide bonds. The summed E-state index contributed by atoms with van der Waals surface area (Å²) in [5, 5.41) is 0. The van der Waals surface area contributed by atoms with Crippen LogP contribution in [0.4, 0.5) is 0 Å². The van der Waals surface area contributed by atoms with Gasteiger partial charge in [-0.3, -0.25) is 4.79 Å². The van der Waals surface area contributed by atoms with Crippen LogP contribution in [0, 0.1) is 11.3 Å². The lowest BCUT2D eigenvalue weighted by Gasteiger charge is -2.22. The molecular weight excluding hydrogens is 272 g/mol. The minimum absolute atomic E-state index is 0.232. The van der Waals surface area contributed by atoms with Gasteiger partial charge in [-0.25, -0.2) is 0 Å². The van der Waals surface area contributed by atoms with Crippen molar-refractivity contribution in [2.45, 2.75) is 46.8 Å². The second kappa shape index (κ2) is 6.37. The van der Waals surface area contributed by atoms with E-state index < -0.39 is 0 Å². The third-order valence-electron chi connectivity index (χ3n) is 3.25. The Bertz CT molecular complexity index is 453. The van der Waals surface area contributed by atoms with E-state index in [9.17, 15) is 4.79 Å². The molecule has 0 spiro atoms. The van der Waals surface area contributed by atoms with Gasteiger partial charge in [0.05, 0.1) is 23.0 Å². The summed E-state index contributed by atoms with van der Waals surface area (Å²) in [4.78, 5) is 14.1. The second-order valence-electron chi connectivity index (χ2n) is 6.77. The molecule has 2 rings (SSSR count). The van der Waals surface area contributed by atoms with Crippen molar-refractivity contribution in [3.63, 3.8) is 0 Å². The maximum absolute atomic E-state index is 12.3. The molecule has 1 aliphatic rings. The maximum atomic E-state index is 12.3. The predicted octanol–water partition coefficient (Wildman–Crippen LogP) is 4.44. The standard InChI is InChI=1S/C16H24O3S/c1-11(10-16(2,3)4)9-12(17)13-5-6-14(20-13)15-18-7-8-19-15/h5-6,11,15H,7-10H2,1-4H3/t11-/m0/s1. The normalized spacial score (nSPS) is 18.4. The summed E-state index contributed by atoms with van der Waals surface area (Å²) in [5.74, 6) is 0.642. The number of carbonyl (C=O) groups is 1. The molecule has 0 radical (unpaired) electrons. The fourth-order valence-corrected chi connectivity index (χ4v) is 3.64. The summed E-state index contributed by atoms with van der Waals surface area (Å²) in [6, 6.07) is 3.85. The third kappa shape index (κ3) is 4.40. The zero-order valence-corrected chi connectivity index (χ0v) is 13.6. The number of thiophene rings is 1. The summed E-state index contributed by atoms with van der Waals surface area (Å²) in [6.45, 7) is 10.1. The molecule has 4 heteroatoms. The average molecular weight is 296 g/mol. The molecule has 0 N–H and O–H groups in total. The van der Waals surface area contributed by atoms with Crippen LogP contribution >= 0.6 is 11.3 Å². The number of Topliss-reactive ketones (excluding diaryl/α,β-unsaturated/α-hetero) is 1. The lowest BCUT2D eigenvalue weighted by molar-refractivity contribution is -0.0413. The minimum atomic E-state index is -0.270. The van der Waals surface area contributed by atoms with E-state index in [4.69, 9.17) is 9.47 Å². The van der Waals surface area contributed by atoms with Crippen LogP contribution in [0.3, 0.4) is 0 Å². The van der Waals surface area contributed by atoms with Crippen molar-refractivity contribution >= 4 is 17.1 Å². The summed E-state index contributed by atoms with van der Waals surface area (Å²) >= 11 is 1.50. The highest BCUT2D eigenvalue weighted by Gasteiger charge is 2.23. The molecule has 0 unspecified atom stereocenters. The van der Waals surface area contributed by atoms with Crippen LogP contribution in [0.2, 0.25) is 0 Å². The van der Waals surface area contributed by atoms with Gasteiger partial charge in [0.15, 0.2) is 12.1 Å². The number of ketones is 1. The SMILES string of the molecule is C[C@@H](CC(=O)c1ccc(C2OCCO2)s1)CC(C)(C)C. The molecule has 0 aromatic carbocycles. The van der Waals surface area contributed by atoms with E-state index in [1.54, 1.807) is 0 Å². The lowest BCUT2D eigenvalue weighted by atomic mass is 9.83. The van der Waals surface area contributed by atoms with Gasteiger partial charge < -0.3 is 9.47 Å². The van der Waals surface area contributed by atoms with Crippen molar-refractivity contribution in [3.8, 4) is 0 Å². The smallest absolute Gasteiger partial charge is 0.193 e. The van der Waals surface area contributed by atoms with E-state index in [1.165, 1.54) is 11.3 Å². The Kier molecular flexibility index (Phi) is 4.99. The number of hydrogen-bond acceptors (Lipinski definition) is 4. The van der Waals surface area contributed by atoms with Crippen molar-refractivity contribution in [1.29, 1.82) is 0 Å². The van der Waals surface area contributed by atoms with E-state index >= 15 is 0 Å². The van der Waals surface area contributed by atoms with Gasteiger partial charge in [-0.15, -0.1) is 11.3 Å². The summed E-state index contributed by atoms with van der Waals surface area (Å²) < 4.78 is 10.9. The molecule has 1 aromatic heterocycles. The molecule has 1 saturated heterocycles. The van der Waals surface area contributed by atoms with Gasteiger partial charge >= 0.3 is 0 Å². The molecule has 1 atom stereocenters. The molecular formula is C16H24O3S. The number of ether oxygens (including phenoxy) is 2. The third-order valence-corrected chi connectivity index (χ3v) is 4.40. The van der Waals surface area contributed by atoms with Gasteiger partial charge in [-0.2, -0.15) is 0 Å². The van der Waals surface area contributed by atoms with Crippen molar-refractivity contribution in [3.05, 3.63) is 21.9 Å². The van der Waals surface area contributed by atoms with Gasteiger partial charge in [0.2, 0.25) is 0 Å². The Morgan fingerprint density at radius 2 is 2.00 bits per heavy atom. The van der Waals surface area contributed by atoms with Crippen molar-refractivity contribution in [2.24, 2.45) is 11.3 Å². The average Bonchev–Trinajstić information content (AvgIpc) is 2.97. The topological polar surface area (TPSA) is 35.5 Å². The van der Waals surface area contributed by atoms with Crippen molar-refractivity contribution in [2.75, 3.05) is 13.2 Å². The van der Waals surface area contributed by atoms with Crippen LogP contribution in [-0.4, -0.2) is 19.0 Å². The molecule has 0 saturated carbocycles. The Morgan fingerprint density at radius 3 is 2.60 bits per heavy atom. The molecule has 112 valence electrons. The molecule has 0 bridgehead atoms. The maximum Gasteiger partial charge on any atom is 0.193 e. The number of carbonyl (C=O) groups excluding carboxylic acids is 1. The first-order valence-electron chi connectivity index (χ1n) is 7.21. The summed E-state index contributed by atoms with van der Waals surface area (Å²) in [7, 11) is 0. The zero-order chi connectivity index (χ0) is 14.8. The van der Waals surface area contributed by atoms with Gasteiger partial charge in [0.25, 0.3) is 0 Å². The fourth-order valence-electron chi connectivity index (χ4n) is 2.69. The van der Waals surface area contributed by atoms with E-state index in [0.29, 0.717) is 25.6 Å². The molecule has 3 nitrogen and oxygen atoms in total. The van der Waals surface area contributed by atoms with E-state index in [0.717, 1.165) is 16.2 Å². The summed E-state index contributed by atoms with van der Waals surface area (Å²) in [5.41, 5.74) is 0.270. The fraction of sp³-hybridized carbons (Fsp3) is 0.688. The van der Waals surface area contributed by atoms with Crippen LogP contribution in [-0.2, 0) is 9.47 Å². The monoisotopic (exact) mass is 296 g/mol. The second-order valence-corrected chi connectivity index (χ2v) is 7.89. The highest BCUT2D eigenvalue weighted by atomic mass is 32.1. The minimum Gasteiger partial charge on any atom is -0.345 e. The van der Waals surface area contributed by atoms with Crippen molar-refractivity contribution in [1.82, 2.24) is 0 Å². The van der Waals surface area contributed by atoms with E-state index in [1.807, 2.05) is 12.1 Å². The molecule has 1 aromatic rings. The first-order chi connectivity index (χ1) is 9.35. The number of rotatable bonds is 5. The Labute approximate surface area is 125 Å². The van der Waals surface area contributed by atoms with E-state index in [2.05, 4.69) is 27.7 Å². The Hall–Kier alpha value is -0.710. The van der Waals surface area contributed by atoms with Crippen LogP contribution < -0.4 is 0 Å². The van der Waals surface area contributed by atoms with Gasteiger partial charge in [0, 0.05) is 6.42 Å². The largest absolute Gasteiger partial charge is 0.345 e. The van der Waals surface area contributed by atoms with Crippen LogP contribution in [0.5, 0.6) is 0 Å². The van der Waals surface area contributed by atoms with Gasteiger partial charge in [0.1, 0.15) is 0 Å². The quantitative estimate of drug-likeness (QED) is 0.754. The van der Waals surface area contributed by atoms with Crippen LogP contribution in [0.15, 0.2) is 12.1 Å². The first-order valence-corrected chi connectivity index (χ1v) is 8.03. The first kappa shape index (κ1) is 15.7. The molecule has 20 heavy (non-hydrogen) atoms. The van der Waals surface area contributed by atoms with Crippen LogP contribution in [0.25, 0.3) is 0 Å². The predicted molar refractivity (Wildman–Crippen MR) is 81.1 cm³/mol. The molecule has 1 aliphatic heterocycles. The summed E-state index contributed by atoms with van der Waals surface area (Å²) in [6.07, 6.45) is 1.41. The number of hydrogen-bond donors (Lipinski definition) is 0. The van der Waals surface area contributed by atoms with E-state index in [-0.39, 0.29) is 17.5 Å². The van der Waals surface area contributed by atoms with Crippen molar-refractivity contribution < 1.29 is 14.3 Å².